The standard InChI is InChI=1S/C14H20N2O2/c1-14(2,3)6-7-18-9-4-5-10-11(8-9)16-13(17)12(10)15/h4-5,8,12H,6-7,15H2,1-3H3,(H,16,17). The average Bonchev–Trinajstić information content (AvgIpc) is 2.53. The summed E-state index contributed by atoms with van der Waals surface area (Å²) in [6, 6.07) is 5.00. The van der Waals surface area contributed by atoms with Crippen LogP contribution in [0.2, 0.25) is 0 Å². The van der Waals surface area contributed by atoms with Crippen molar-refractivity contribution in [2.75, 3.05) is 11.9 Å². The summed E-state index contributed by atoms with van der Waals surface area (Å²) in [5.41, 5.74) is 7.60. The minimum atomic E-state index is -0.552. The van der Waals surface area contributed by atoms with E-state index in [1.54, 1.807) is 0 Å². The second kappa shape index (κ2) is 4.61. The molecule has 0 saturated heterocycles. The fourth-order valence-corrected chi connectivity index (χ4v) is 1.83. The molecule has 18 heavy (non-hydrogen) atoms. The summed E-state index contributed by atoms with van der Waals surface area (Å²) in [7, 11) is 0. The van der Waals surface area contributed by atoms with Crippen molar-refractivity contribution >= 4 is 11.6 Å². The van der Waals surface area contributed by atoms with Gasteiger partial charge in [-0.25, -0.2) is 0 Å². The van der Waals surface area contributed by atoms with E-state index in [0.717, 1.165) is 23.4 Å². The van der Waals surface area contributed by atoms with Gasteiger partial charge in [0.05, 0.1) is 6.61 Å². The highest BCUT2D eigenvalue weighted by molar-refractivity contribution is 6.02. The van der Waals surface area contributed by atoms with Gasteiger partial charge in [-0.1, -0.05) is 26.8 Å². The SMILES string of the molecule is CC(C)(C)CCOc1ccc2c(c1)NC(=O)C2N. The lowest BCUT2D eigenvalue weighted by atomic mass is 9.93. The molecule has 1 amide bonds. The summed E-state index contributed by atoms with van der Waals surface area (Å²) in [4.78, 5) is 11.4. The Morgan fingerprint density at radius 1 is 1.39 bits per heavy atom. The second-order valence-electron chi connectivity index (χ2n) is 5.88. The van der Waals surface area contributed by atoms with Gasteiger partial charge < -0.3 is 15.8 Å². The van der Waals surface area contributed by atoms with Crippen LogP contribution >= 0.6 is 0 Å². The first-order chi connectivity index (χ1) is 8.37. The van der Waals surface area contributed by atoms with Crippen LogP contribution in [0.1, 0.15) is 38.8 Å². The number of amides is 1. The maximum absolute atomic E-state index is 11.4. The molecule has 1 aliphatic rings. The van der Waals surface area contributed by atoms with E-state index in [1.807, 2.05) is 18.2 Å². The normalized spacial score (nSPS) is 18.4. The lowest BCUT2D eigenvalue weighted by Gasteiger charge is -2.18. The van der Waals surface area contributed by atoms with Crippen molar-refractivity contribution in [2.45, 2.75) is 33.2 Å². The van der Waals surface area contributed by atoms with E-state index in [-0.39, 0.29) is 11.3 Å². The maximum Gasteiger partial charge on any atom is 0.245 e. The molecular formula is C14H20N2O2. The van der Waals surface area contributed by atoms with Gasteiger partial charge in [0.15, 0.2) is 0 Å². The third-order valence-corrected chi connectivity index (χ3v) is 3.02. The van der Waals surface area contributed by atoms with Crippen LogP contribution in [0.25, 0.3) is 0 Å². The van der Waals surface area contributed by atoms with Crippen LogP contribution in [0, 0.1) is 5.41 Å². The van der Waals surface area contributed by atoms with E-state index in [2.05, 4.69) is 26.1 Å². The van der Waals surface area contributed by atoms with Crippen LogP contribution < -0.4 is 15.8 Å². The molecule has 0 fully saturated rings. The van der Waals surface area contributed by atoms with Crippen LogP contribution in [-0.4, -0.2) is 12.5 Å². The fraction of sp³-hybridized carbons (Fsp3) is 0.500. The zero-order valence-electron chi connectivity index (χ0n) is 11.1. The van der Waals surface area contributed by atoms with Crippen molar-refractivity contribution in [3.05, 3.63) is 23.8 Å². The third-order valence-electron chi connectivity index (χ3n) is 3.02. The van der Waals surface area contributed by atoms with Gasteiger partial charge in [0.25, 0.3) is 0 Å². The van der Waals surface area contributed by atoms with Crippen LogP contribution in [0.4, 0.5) is 5.69 Å². The highest BCUT2D eigenvalue weighted by atomic mass is 16.5. The number of nitrogens with two attached hydrogens (primary N) is 1. The molecule has 0 aliphatic carbocycles. The number of hydrogen-bond donors (Lipinski definition) is 2. The van der Waals surface area contributed by atoms with E-state index in [0.29, 0.717) is 6.61 Å². The number of fused-ring (bicyclic) bond motifs is 1. The summed E-state index contributed by atoms with van der Waals surface area (Å²) in [6.45, 7) is 7.21. The topological polar surface area (TPSA) is 64.3 Å². The van der Waals surface area contributed by atoms with Crippen LogP contribution in [-0.2, 0) is 4.79 Å². The molecule has 2 rings (SSSR count). The Kier molecular flexibility index (Phi) is 3.30. The van der Waals surface area contributed by atoms with Gasteiger partial charge in [-0.2, -0.15) is 0 Å². The zero-order chi connectivity index (χ0) is 13.3. The molecule has 1 atom stereocenters. The molecule has 1 aromatic rings. The van der Waals surface area contributed by atoms with Crippen LogP contribution in [0.3, 0.4) is 0 Å². The van der Waals surface area contributed by atoms with Gasteiger partial charge in [-0.15, -0.1) is 0 Å². The average molecular weight is 248 g/mol. The summed E-state index contributed by atoms with van der Waals surface area (Å²) < 4.78 is 5.69. The Labute approximate surface area is 108 Å². The molecule has 0 spiro atoms. The number of rotatable bonds is 3. The Morgan fingerprint density at radius 3 is 2.78 bits per heavy atom. The summed E-state index contributed by atoms with van der Waals surface area (Å²) in [5, 5.41) is 2.75. The number of hydrogen-bond acceptors (Lipinski definition) is 3. The number of carbonyl (C=O) groups excluding carboxylic acids is 1. The first-order valence-electron chi connectivity index (χ1n) is 6.20. The summed E-state index contributed by atoms with van der Waals surface area (Å²) >= 11 is 0. The Morgan fingerprint density at radius 2 is 2.11 bits per heavy atom. The molecule has 3 N–H and O–H groups in total. The van der Waals surface area contributed by atoms with E-state index in [9.17, 15) is 4.79 Å². The molecule has 1 heterocycles. The van der Waals surface area contributed by atoms with E-state index < -0.39 is 6.04 Å². The minimum Gasteiger partial charge on any atom is -0.493 e. The molecule has 4 nitrogen and oxygen atoms in total. The molecule has 98 valence electrons. The Balaban J connectivity index is 2.01. The molecule has 1 aromatic carbocycles. The van der Waals surface area contributed by atoms with E-state index in [1.165, 1.54) is 0 Å². The number of carbonyl (C=O) groups is 1. The molecule has 1 unspecified atom stereocenters. The van der Waals surface area contributed by atoms with Gasteiger partial charge in [-0.05, 0) is 17.9 Å². The lowest BCUT2D eigenvalue weighted by Crippen LogP contribution is -2.19. The van der Waals surface area contributed by atoms with Gasteiger partial charge in [0.1, 0.15) is 11.8 Å². The number of benzene rings is 1. The molecule has 0 radical (unpaired) electrons. The first kappa shape index (κ1) is 12.9. The van der Waals surface area contributed by atoms with Crippen molar-refractivity contribution in [3.8, 4) is 5.75 Å². The molecular weight excluding hydrogens is 228 g/mol. The van der Waals surface area contributed by atoms with Gasteiger partial charge >= 0.3 is 0 Å². The number of ether oxygens (including phenoxy) is 1. The van der Waals surface area contributed by atoms with Crippen LogP contribution in [0.5, 0.6) is 5.75 Å². The van der Waals surface area contributed by atoms with Crippen molar-refractivity contribution in [1.29, 1.82) is 0 Å². The largest absolute Gasteiger partial charge is 0.493 e. The van der Waals surface area contributed by atoms with Crippen molar-refractivity contribution < 1.29 is 9.53 Å². The number of nitrogens with one attached hydrogen (secondary N) is 1. The zero-order valence-corrected chi connectivity index (χ0v) is 11.1. The van der Waals surface area contributed by atoms with E-state index >= 15 is 0 Å². The van der Waals surface area contributed by atoms with Gasteiger partial charge in [-0.3, -0.25) is 4.79 Å². The maximum atomic E-state index is 11.4. The summed E-state index contributed by atoms with van der Waals surface area (Å²) in [6.07, 6.45) is 0.982. The molecule has 0 bridgehead atoms. The molecule has 4 heteroatoms. The fourth-order valence-electron chi connectivity index (χ4n) is 1.83. The van der Waals surface area contributed by atoms with Crippen molar-refractivity contribution in [3.63, 3.8) is 0 Å². The second-order valence-corrected chi connectivity index (χ2v) is 5.88. The monoisotopic (exact) mass is 248 g/mol. The smallest absolute Gasteiger partial charge is 0.245 e. The quantitative estimate of drug-likeness (QED) is 0.863. The predicted octanol–water partition coefficient (Wildman–Crippen LogP) is 2.45. The summed E-state index contributed by atoms with van der Waals surface area (Å²) in [5.74, 6) is 0.615. The van der Waals surface area contributed by atoms with Crippen molar-refractivity contribution in [2.24, 2.45) is 11.1 Å². The Bertz CT molecular complexity index is 463. The molecule has 0 aromatic heterocycles. The highest BCUT2D eigenvalue weighted by Gasteiger charge is 2.27. The minimum absolute atomic E-state index is 0.156. The lowest BCUT2D eigenvalue weighted by molar-refractivity contribution is -0.116. The van der Waals surface area contributed by atoms with Crippen molar-refractivity contribution in [1.82, 2.24) is 0 Å². The van der Waals surface area contributed by atoms with Crippen LogP contribution in [0.15, 0.2) is 18.2 Å². The predicted molar refractivity (Wildman–Crippen MR) is 71.6 cm³/mol. The highest BCUT2D eigenvalue weighted by Crippen LogP contribution is 2.32. The number of anilines is 1. The molecule has 1 aliphatic heterocycles. The third kappa shape index (κ3) is 2.82. The first-order valence-corrected chi connectivity index (χ1v) is 6.20. The Hall–Kier alpha value is -1.55. The van der Waals surface area contributed by atoms with E-state index in [4.69, 9.17) is 10.5 Å². The molecule has 0 saturated carbocycles. The van der Waals surface area contributed by atoms with Gasteiger partial charge in [0, 0.05) is 17.3 Å². The van der Waals surface area contributed by atoms with Gasteiger partial charge in [0.2, 0.25) is 5.91 Å².